The molecule has 0 saturated carbocycles. The molecule has 1 rings (SSSR count). The van der Waals surface area contributed by atoms with Crippen molar-refractivity contribution in [1.29, 1.82) is 0 Å². The van der Waals surface area contributed by atoms with Gasteiger partial charge in [-0.2, -0.15) is 13.2 Å². The van der Waals surface area contributed by atoms with E-state index >= 15 is 0 Å². The van der Waals surface area contributed by atoms with Crippen molar-refractivity contribution in [2.75, 3.05) is 18.5 Å². The molecular weight excluding hydrogens is 273 g/mol. The molecule has 0 unspecified atom stereocenters. The molecule has 1 aromatic rings. The zero-order valence-electron chi connectivity index (χ0n) is 10.9. The van der Waals surface area contributed by atoms with E-state index in [0.29, 0.717) is 25.1 Å². The van der Waals surface area contributed by atoms with Crippen molar-refractivity contribution in [2.45, 2.75) is 25.4 Å². The average molecular weight is 290 g/mol. The van der Waals surface area contributed by atoms with Crippen LogP contribution in [0.3, 0.4) is 0 Å². The van der Waals surface area contributed by atoms with Crippen molar-refractivity contribution in [3.8, 4) is 5.75 Å². The Hall–Kier alpha value is -1.76. The normalized spacial score (nSPS) is 11.2. The number of anilines is 1. The first-order valence-electron chi connectivity index (χ1n) is 6.20. The number of nitrogens with one attached hydrogen (secondary N) is 1. The second-order valence-corrected chi connectivity index (χ2v) is 4.22. The summed E-state index contributed by atoms with van der Waals surface area (Å²) in [5.74, 6) is -0.0501. The molecule has 0 aliphatic carbocycles. The molecular formula is C13H17F3N2O2. The van der Waals surface area contributed by atoms with Crippen LogP contribution in [0.15, 0.2) is 24.3 Å². The minimum absolute atomic E-state index is 0.100. The lowest BCUT2D eigenvalue weighted by atomic mass is 10.2. The van der Waals surface area contributed by atoms with Gasteiger partial charge >= 0.3 is 6.18 Å². The van der Waals surface area contributed by atoms with Gasteiger partial charge in [0.2, 0.25) is 5.91 Å². The molecule has 0 heterocycles. The molecule has 7 heteroatoms. The summed E-state index contributed by atoms with van der Waals surface area (Å²) >= 11 is 0. The van der Waals surface area contributed by atoms with E-state index in [1.54, 1.807) is 0 Å². The molecule has 0 saturated heterocycles. The topological polar surface area (TPSA) is 64.4 Å². The third-order valence-electron chi connectivity index (χ3n) is 2.40. The zero-order chi connectivity index (χ0) is 15.0. The Kier molecular flexibility index (Phi) is 6.30. The molecule has 0 fully saturated rings. The molecule has 3 N–H and O–H groups in total. The lowest BCUT2D eigenvalue weighted by molar-refractivity contribution is -0.153. The van der Waals surface area contributed by atoms with Crippen molar-refractivity contribution < 1.29 is 22.7 Å². The quantitative estimate of drug-likeness (QED) is 0.759. The Labute approximate surface area is 115 Å². The standard InChI is InChI=1S/C13H17F3N2O2/c14-13(15,16)9-20-11-6-4-10(5-7-11)18-12(19)3-1-2-8-17/h4-7H,1-3,8-9,17H2,(H,18,19). The predicted molar refractivity (Wildman–Crippen MR) is 69.5 cm³/mol. The Bertz CT molecular complexity index is 419. The third kappa shape index (κ3) is 6.98. The van der Waals surface area contributed by atoms with Gasteiger partial charge in [-0.05, 0) is 43.7 Å². The summed E-state index contributed by atoms with van der Waals surface area (Å²) in [5.41, 5.74) is 5.83. The highest BCUT2D eigenvalue weighted by Crippen LogP contribution is 2.20. The number of ether oxygens (including phenoxy) is 1. The Balaban J connectivity index is 2.40. The van der Waals surface area contributed by atoms with E-state index in [0.717, 1.165) is 6.42 Å². The van der Waals surface area contributed by atoms with Gasteiger partial charge in [0.05, 0.1) is 0 Å². The average Bonchev–Trinajstić information content (AvgIpc) is 2.37. The van der Waals surface area contributed by atoms with Gasteiger partial charge in [-0.3, -0.25) is 4.79 Å². The zero-order valence-corrected chi connectivity index (χ0v) is 10.9. The van der Waals surface area contributed by atoms with E-state index < -0.39 is 12.8 Å². The van der Waals surface area contributed by atoms with Crippen LogP contribution < -0.4 is 15.8 Å². The van der Waals surface area contributed by atoms with E-state index in [1.165, 1.54) is 24.3 Å². The first kappa shape index (κ1) is 16.3. The maximum Gasteiger partial charge on any atom is 0.422 e. The lowest BCUT2D eigenvalue weighted by Crippen LogP contribution is -2.19. The minimum Gasteiger partial charge on any atom is -0.484 e. The fourth-order valence-corrected chi connectivity index (χ4v) is 1.45. The lowest BCUT2D eigenvalue weighted by Gasteiger charge is -2.10. The molecule has 20 heavy (non-hydrogen) atoms. The highest BCUT2D eigenvalue weighted by Gasteiger charge is 2.28. The van der Waals surface area contributed by atoms with Gasteiger partial charge in [-0.15, -0.1) is 0 Å². The third-order valence-corrected chi connectivity index (χ3v) is 2.40. The van der Waals surface area contributed by atoms with Crippen LogP contribution in [0.25, 0.3) is 0 Å². The minimum atomic E-state index is -4.37. The molecule has 0 bridgehead atoms. The van der Waals surface area contributed by atoms with Gasteiger partial charge in [0.25, 0.3) is 0 Å². The van der Waals surface area contributed by atoms with Gasteiger partial charge in [0.15, 0.2) is 6.61 Å². The van der Waals surface area contributed by atoms with Crippen molar-refractivity contribution in [3.05, 3.63) is 24.3 Å². The Morgan fingerprint density at radius 2 is 1.85 bits per heavy atom. The summed E-state index contributed by atoms with van der Waals surface area (Å²) in [5, 5.41) is 2.64. The van der Waals surface area contributed by atoms with Crippen molar-refractivity contribution in [1.82, 2.24) is 0 Å². The van der Waals surface area contributed by atoms with Gasteiger partial charge < -0.3 is 15.8 Å². The Morgan fingerprint density at radius 3 is 2.40 bits per heavy atom. The number of unbranched alkanes of at least 4 members (excludes halogenated alkanes) is 1. The molecule has 0 aliphatic heterocycles. The first-order valence-corrected chi connectivity index (χ1v) is 6.20. The first-order chi connectivity index (χ1) is 9.40. The van der Waals surface area contributed by atoms with Crippen LogP contribution in [0.2, 0.25) is 0 Å². The molecule has 0 atom stereocenters. The monoisotopic (exact) mass is 290 g/mol. The van der Waals surface area contributed by atoms with Gasteiger partial charge in [0.1, 0.15) is 5.75 Å². The molecule has 112 valence electrons. The van der Waals surface area contributed by atoms with E-state index in [-0.39, 0.29) is 11.7 Å². The van der Waals surface area contributed by atoms with Gasteiger partial charge in [0, 0.05) is 12.1 Å². The highest BCUT2D eigenvalue weighted by atomic mass is 19.4. The second kappa shape index (κ2) is 7.74. The molecule has 0 aliphatic rings. The number of alkyl halides is 3. The number of carbonyl (C=O) groups is 1. The van der Waals surface area contributed by atoms with E-state index in [1.807, 2.05) is 0 Å². The largest absolute Gasteiger partial charge is 0.484 e. The summed E-state index contributed by atoms with van der Waals surface area (Å²) in [6, 6.07) is 5.74. The summed E-state index contributed by atoms with van der Waals surface area (Å²) in [6.07, 6.45) is -2.52. The number of halogens is 3. The molecule has 4 nitrogen and oxygen atoms in total. The summed E-state index contributed by atoms with van der Waals surface area (Å²) in [6.45, 7) is -0.795. The highest BCUT2D eigenvalue weighted by molar-refractivity contribution is 5.90. The second-order valence-electron chi connectivity index (χ2n) is 4.22. The van der Waals surface area contributed by atoms with Gasteiger partial charge in [-0.1, -0.05) is 0 Å². The van der Waals surface area contributed by atoms with Crippen molar-refractivity contribution in [2.24, 2.45) is 5.73 Å². The number of hydrogen-bond acceptors (Lipinski definition) is 3. The van der Waals surface area contributed by atoms with Crippen LogP contribution in [-0.2, 0) is 4.79 Å². The maximum absolute atomic E-state index is 11.9. The van der Waals surface area contributed by atoms with E-state index in [9.17, 15) is 18.0 Å². The molecule has 0 radical (unpaired) electrons. The SMILES string of the molecule is NCCCCC(=O)Nc1ccc(OCC(F)(F)F)cc1. The van der Waals surface area contributed by atoms with Crippen LogP contribution in [0.5, 0.6) is 5.75 Å². The van der Waals surface area contributed by atoms with Crippen molar-refractivity contribution in [3.63, 3.8) is 0 Å². The number of nitrogens with two attached hydrogens (primary N) is 1. The van der Waals surface area contributed by atoms with Gasteiger partial charge in [-0.25, -0.2) is 0 Å². The van der Waals surface area contributed by atoms with Crippen LogP contribution in [0.1, 0.15) is 19.3 Å². The van der Waals surface area contributed by atoms with Crippen molar-refractivity contribution >= 4 is 11.6 Å². The van der Waals surface area contributed by atoms with Crippen LogP contribution in [0.4, 0.5) is 18.9 Å². The number of hydrogen-bond donors (Lipinski definition) is 2. The van der Waals surface area contributed by atoms with Crippen LogP contribution in [0, 0.1) is 0 Å². The Morgan fingerprint density at radius 1 is 1.20 bits per heavy atom. The van der Waals surface area contributed by atoms with E-state index in [2.05, 4.69) is 10.1 Å². The number of benzene rings is 1. The molecule has 1 aromatic carbocycles. The summed E-state index contributed by atoms with van der Waals surface area (Å²) < 4.78 is 40.4. The van der Waals surface area contributed by atoms with E-state index in [4.69, 9.17) is 5.73 Å². The van der Waals surface area contributed by atoms with Crippen LogP contribution in [-0.4, -0.2) is 25.2 Å². The fraction of sp³-hybridized carbons (Fsp3) is 0.462. The molecule has 0 spiro atoms. The number of rotatable bonds is 7. The predicted octanol–water partition coefficient (Wildman–Crippen LogP) is 2.70. The fourth-order valence-electron chi connectivity index (χ4n) is 1.45. The molecule has 1 amide bonds. The maximum atomic E-state index is 11.9. The summed E-state index contributed by atoms with van der Waals surface area (Å²) in [4.78, 5) is 11.5. The molecule has 0 aromatic heterocycles. The smallest absolute Gasteiger partial charge is 0.422 e. The number of carbonyl (C=O) groups excluding carboxylic acids is 1. The summed E-state index contributed by atoms with van der Waals surface area (Å²) in [7, 11) is 0. The number of amides is 1. The van der Waals surface area contributed by atoms with Crippen LogP contribution >= 0.6 is 0 Å².